The number of rotatable bonds is 5. The average molecular weight is 367 g/mol. The number of nitrogens with zero attached hydrogens (tertiary/aromatic N) is 2. The first-order valence-corrected chi connectivity index (χ1v) is 9.16. The molecule has 0 aromatic carbocycles. The number of aromatic nitrogens is 2. The van der Waals surface area contributed by atoms with Crippen molar-refractivity contribution in [1.29, 1.82) is 0 Å². The van der Waals surface area contributed by atoms with Crippen LogP contribution in [0.3, 0.4) is 0 Å². The second-order valence-electron chi connectivity index (χ2n) is 5.68. The predicted octanol–water partition coefficient (Wildman–Crippen LogP) is 3.38. The van der Waals surface area contributed by atoms with E-state index in [0.29, 0.717) is 17.6 Å². The molecule has 3 rings (SSSR count). The molecule has 2 aromatic heterocycles. The van der Waals surface area contributed by atoms with Crippen LogP contribution in [0.4, 0.5) is 4.79 Å². The summed E-state index contributed by atoms with van der Waals surface area (Å²) < 4.78 is 5.75. The van der Waals surface area contributed by atoms with Crippen molar-refractivity contribution < 1.29 is 9.53 Å². The van der Waals surface area contributed by atoms with Crippen LogP contribution in [0.2, 0.25) is 5.02 Å². The molecule has 6 nitrogen and oxygen atoms in total. The summed E-state index contributed by atoms with van der Waals surface area (Å²) in [5, 5.41) is 8.40. The normalized spacial score (nSPS) is 20.4. The Bertz CT molecular complexity index is 643. The Balaban J connectivity index is 1.37. The van der Waals surface area contributed by atoms with Crippen molar-refractivity contribution in [2.75, 3.05) is 0 Å². The summed E-state index contributed by atoms with van der Waals surface area (Å²) in [6.45, 7) is 0.565. The molecule has 0 atom stereocenters. The Morgan fingerprint density at radius 3 is 2.71 bits per heavy atom. The van der Waals surface area contributed by atoms with Crippen LogP contribution < -0.4 is 15.4 Å². The van der Waals surface area contributed by atoms with Gasteiger partial charge in [-0.3, -0.25) is 0 Å². The lowest BCUT2D eigenvalue weighted by Crippen LogP contribution is -2.44. The lowest BCUT2D eigenvalue weighted by molar-refractivity contribution is 0.129. The van der Waals surface area contributed by atoms with Crippen LogP contribution in [0.15, 0.2) is 29.9 Å². The molecular weight excluding hydrogens is 348 g/mol. The van der Waals surface area contributed by atoms with Crippen molar-refractivity contribution in [3.8, 4) is 6.01 Å². The van der Waals surface area contributed by atoms with Gasteiger partial charge in [-0.05, 0) is 37.1 Å². The van der Waals surface area contributed by atoms with Crippen molar-refractivity contribution in [3.63, 3.8) is 0 Å². The van der Waals surface area contributed by atoms with Crippen molar-refractivity contribution in [2.45, 2.75) is 44.4 Å². The number of thiophene rings is 1. The quantitative estimate of drug-likeness (QED) is 0.850. The van der Waals surface area contributed by atoms with Gasteiger partial charge in [-0.25, -0.2) is 14.8 Å². The highest BCUT2D eigenvalue weighted by Gasteiger charge is 2.24. The highest BCUT2D eigenvalue weighted by molar-refractivity contribution is 7.09. The molecule has 0 unspecified atom stereocenters. The standard InChI is InChI=1S/C16H19ClN4O2S/c17-11-8-19-16(20-9-11)23-13-5-3-12(4-6-13)21-15(22)18-10-14-2-1-7-24-14/h1-2,7-9,12-13H,3-6,10H2,(H2,18,21,22). The van der Waals surface area contributed by atoms with E-state index < -0.39 is 0 Å². The number of carbonyl (C=O) groups excluding carboxylic acids is 1. The fraction of sp³-hybridized carbons (Fsp3) is 0.438. The smallest absolute Gasteiger partial charge is 0.316 e. The van der Waals surface area contributed by atoms with Crippen molar-refractivity contribution in [1.82, 2.24) is 20.6 Å². The van der Waals surface area contributed by atoms with Crippen LogP contribution in [-0.2, 0) is 6.54 Å². The highest BCUT2D eigenvalue weighted by Crippen LogP contribution is 2.22. The van der Waals surface area contributed by atoms with Gasteiger partial charge in [0.15, 0.2) is 0 Å². The number of urea groups is 1. The molecule has 0 radical (unpaired) electrons. The largest absolute Gasteiger partial charge is 0.460 e. The number of nitrogens with one attached hydrogen (secondary N) is 2. The molecule has 2 heterocycles. The topological polar surface area (TPSA) is 76.1 Å². The van der Waals surface area contributed by atoms with Gasteiger partial charge in [-0.1, -0.05) is 17.7 Å². The van der Waals surface area contributed by atoms with Crippen LogP contribution >= 0.6 is 22.9 Å². The van der Waals surface area contributed by atoms with E-state index in [1.54, 1.807) is 11.3 Å². The minimum absolute atomic E-state index is 0.0819. The van der Waals surface area contributed by atoms with Crippen LogP contribution in [0.5, 0.6) is 6.01 Å². The molecule has 2 amide bonds. The Kier molecular flexibility index (Phi) is 5.87. The average Bonchev–Trinajstić information content (AvgIpc) is 3.10. The van der Waals surface area contributed by atoms with E-state index in [4.69, 9.17) is 16.3 Å². The van der Waals surface area contributed by atoms with Gasteiger partial charge in [0, 0.05) is 10.9 Å². The maximum Gasteiger partial charge on any atom is 0.316 e. The molecule has 2 N–H and O–H groups in total. The maximum atomic E-state index is 11.9. The molecule has 0 bridgehead atoms. The minimum atomic E-state index is -0.117. The molecule has 1 aliphatic carbocycles. The second-order valence-corrected chi connectivity index (χ2v) is 7.15. The third-order valence-electron chi connectivity index (χ3n) is 3.88. The van der Waals surface area contributed by atoms with Gasteiger partial charge in [0.05, 0.1) is 24.0 Å². The zero-order chi connectivity index (χ0) is 16.8. The van der Waals surface area contributed by atoms with Crippen molar-refractivity contribution >= 4 is 29.0 Å². The van der Waals surface area contributed by atoms with Gasteiger partial charge < -0.3 is 15.4 Å². The van der Waals surface area contributed by atoms with E-state index in [9.17, 15) is 4.79 Å². The number of carbonyl (C=O) groups is 1. The Morgan fingerprint density at radius 1 is 1.29 bits per heavy atom. The molecule has 0 spiro atoms. The fourth-order valence-electron chi connectivity index (χ4n) is 2.65. The van der Waals surface area contributed by atoms with Crippen LogP contribution in [-0.4, -0.2) is 28.1 Å². The molecule has 24 heavy (non-hydrogen) atoms. The first kappa shape index (κ1) is 17.0. The summed E-state index contributed by atoms with van der Waals surface area (Å²) in [7, 11) is 0. The lowest BCUT2D eigenvalue weighted by Gasteiger charge is -2.28. The van der Waals surface area contributed by atoms with Gasteiger partial charge >= 0.3 is 12.0 Å². The number of hydrogen-bond donors (Lipinski definition) is 2. The summed E-state index contributed by atoms with van der Waals surface area (Å²) >= 11 is 7.39. The minimum Gasteiger partial charge on any atom is -0.460 e. The second kappa shape index (κ2) is 8.30. The zero-order valence-corrected chi connectivity index (χ0v) is 14.6. The van der Waals surface area contributed by atoms with E-state index in [0.717, 1.165) is 30.6 Å². The molecule has 1 fully saturated rings. The third kappa shape index (κ3) is 5.07. The summed E-state index contributed by atoms with van der Waals surface area (Å²) in [4.78, 5) is 21.2. The molecule has 1 saturated carbocycles. The molecule has 2 aromatic rings. The van der Waals surface area contributed by atoms with Crippen LogP contribution in [0, 0.1) is 0 Å². The molecule has 8 heteroatoms. The number of halogens is 1. The third-order valence-corrected chi connectivity index (χ3v) is 4.95. The van der Waals surface area contributed by atoms with Crippen molar-refractivity contribution in [2.24, 2.45) is 0 Å². The van der Waals surface area contributed by atoms with Crippen LogP contribution in [0.1, 0.15) is 30.6 Å². The van der Waals surface area contributed by atoms with Gasteiger partial charge in [0.2, 0.25) is 0 Å². The number of hydrogen-bond acceptors (Lipinski definition) is 5. The van der Waals surface area contributed by atoms with Crippen molar-refractivity contribution in [3.05, 3.63) is 39.8 Å². The molecule has 128 valence electrons. The first-order valence-electron chi connectivity index (χ1n) is 7.90. The summed E-state index contributed by atoms with van der Waals surface area (Å²) in [6, 6.07) is 4.40. The summed E-state index contributed by atoms with van der Waals surface area (Å²) in [6.07, 6.45) is 6.61. The van der Waals surface area contributed by atoms with Crippen LogP contribution in [0.25, 0.3) is 0 Å². The molecule has 0 aliphatic heterocycles. The van der Waals surface area contributed by atoms with E-state index in [2.05, 4.69) is 20.6 Å². The van der Waals surface area contributed by atoms with Gasteiger partial charge in [0.25, 0.3) is 0 Å². The maximum absolute atomic E-state index is 11.9. The van der Waals surface area contributed by atoms with Gasteiger partial charge in [-0.2, -0.15) is 0 Å². The highest BCUT2D eigenvalue weighted by atomic mass is 35.5. The molecule has 0 saturated heterocycles. The summed E-state index contributed by atoms with van der Waals surface area (Å²) in [5.41, 5.74) is 0. The zero-order valence-electron chi connectivity index (χ0n) is 13.1. The SMILES string of the molecule is O=C(NCc1cccs1)NC1CCC(Oc2ncc(Cl)cn2)CC1. The Morgan fingerprint density at radius 2 is 2.04 bits per heavy atom. The van der Waals surface area contributed by atoms with E-state index in [1.807, 2.05) is 17.5 Å². The molecule has 1 aliphatic rings. The number of ether oxygens (including phenoxy) is 1. The Labute approximate surface area is 149 Å². The fourth-order valence-corrected chi connectivity index (χ4v) is 3.39. The van der Waals surface area contributed by atoms with Gasteiger partial charge in [-0.15, -0.1) is 11.3 Å². The van der Waals surface area contributed by atoms with E-state index >= 15 is 0 Å². The predicted molar refractivity (Wildman–Crippen MR) is 93.4 cm³/mol. The lowest BCUT2D eigenvalue weighted by atomic mass is 9.93. The monoisotopic (exact) mass is 366 g/mol. The first-order chi connectivity index (χ1) is 11.7. The molecular formula is C16H19ClN4O2S. The Hall–Kier alpha value is -1.86. The van der Waals surface area contributed by atoms with E-state index in [1.165, 1.54) is 12.4 Å². The van der Waals surface area contributed by atoms with E-state index in [-0.39, 0.29) is 18.2 Å². The number of amides is 2. The van der Waals surface area contributed by atoms with Gasteiger partial charge in [0.1, 0.15) is 6.10 Å². The summed E-state index contributed by atoms with van der Waals surface area (Å²) in [5.74, 6) is 0.